The van der Waals surface area contributed by atoms with E-state index in [1.54, 1.807) is 0 Å². The van der Waals surface area contributed by atoms with E-state index in [1.807, 2.05) is 0 Å². The summed E-state index contributed by atoms with van der Waals surface area (Å²) in [5.41, 5.74) is 5.64. The minimum absolute atomic E-state index is 0.484. The molecule has 0 unspecified atom stereocenters. The molecule has 0 spiro atoms. The van der Waals surface area contributed by atoms with Gasteiger partial charge in [0.1, 0.15) is 0 Å². The number of rotatable bonds is 2. The first-order valence-electron chi connectivity index (χ1n) is 6.91. The van der Waals surface area contributed by atoms with E-state index in [-0.39, 0.29) is 0 Å². The Balaban J connectivity index is 0.000000442. The smallest absolute Gasteiger partial charge is 0.418 e. The first kappa shape index (κ1) is 20.9. The van der Waals surface area contributed by atoms with Crippen molar-refractivity contribution in [2.75, 3.05) is 0 Å². The Kier molecular flexibility index (Phi) is 10.8. The van der Waals surface area contributed by atoms with Crippen LogP contribution in [0.25, 0.3) is 0 Å². The van der Waals surface area contributed by atoms with Gasteiger partial charge in [0.25, 0.3) is 0 Å². The molecule has 24 heavy (non-hydrogen) atoms. The molecule has 2 amide bonds. The predicted molar refractivity (Wildman–Crippen MR) is 91.1 cm³/mol. The Bertz CT molecular complexity index is 540. The zero-order valence-electron chi connectivity index (χ0n) is 13.2. The van der Waals surface area contributed by atoms with E-state index >= 15 is 0 Å². The highest BCUT2D eigenvalue weighted by molar-refractivity contribution is 5.63. The van der Waals surface area contributed by atoms with Crippen LogP contribution >= 0.6 is 0 Å². The minimum atomic E-state index is -1.22. The van der Waals surface area contributed by atoms with Gasteiger partial charge in [0, 0.05) is 5.92 Å². The van der Waals surface area contributed by atoms with Gasteiger partial charge < -0.3 is 10.2 Å². The summed E-state index contributed by atoms with van der Waals surface area (Å²) < 4.78 is 0. The Labute approximate surface area is 140 Å². The number of amides is 2. The van der Waals surface area contributed by atoms with E-state index < -0.39 is 12.2 Å². The van der Waals surface area contributed by atoms with Crippen LogP contribution in [0.4, 0.5) is 9.59 Å². The van der Waals surface area contributed by atoms with Crippen molar-refractivity contribution < 1.29 is 19.8 Å². The monoisotopic (exact) mass is 334 g/mol. The highest BCUT2D eigenvalue weighted by Gasteiger charge is 2.05. The molecule has 0 fully saturated rings. The van der Waals surface area contributed by atoms with Gasteiger partial charge in [-0.2, -0.15) is 0 Å². The van der Waals surface area contributed by atoms with Gasteiger partial charge in [-0.3, -0.25) is 10.9 Å². The Morgan fingerprint density at radius 2 is 1.04 bits per heavy atom. The second-order valence-electron chi connectivity index (χ2n) is 4.44. The Hall–Kier alpha value is -3.10. The Morgan fingerprint density at radius 1 is 0.792 bits per heavy atom. The van der Waals surface area contributed by atoms with Crippen molar-refractivity contribution in [2.45, 2.75) is 12.8 Å². The summed E-state index contributed by atoms with van der Waals surface area (Å²) in [4.78, 5) is 18.3. The fraction of sp³-hybridized carbons (Fsp3) is 0.125. The summed E-state index contributed by atoms with van der Waals surface area (Å²) in [6.45, 7) is 2.24. The lowest BCUT2D eigenvalue weighted by atomic mass is 9.93. The minimum Gasteiger partial charge on any atom is -0.464 e. The molecule has 0 atom stereocenters. The van der Waals surface area contributed by atoms with Crippen LogP contribution in [0.15, 0.2) is 60.7 Å². The molecule has 0 heterocycles. The Morgan fingerprint density at radius 3 is 1.25 bits per heavy atom. The van der Waals surface area contributed by atoms with Gasteiger partial charge >= 0.3 is 12.2 Å². The van der Waals surface area contributed by atoms with E-state index in [1.165, 1.54) is 22.0 Å². The van der Waals surface area contributed by atoms with Crippen molar-refractivity contribution in [3.63, 3.8) is 0 Å². The maximum Gasteiger partial charge on any atom is 0.418 e. The van der Waals surface area contributed by atoms with Crippen LogP contribution < -0.4 is 22.5 Å². The molecule has 0 saturated carbocycles. The molecule has 0 aliphatic carbocycles. The summed E-state index contributed by atoms with van der Waals surface area (Å²) in [6.07, 6.45) is -2.44. The fourth-order valence-corrected chi connectivity index (χ4v) is 1.68. The summed E-state index contributed by atoms with van der Waals surface area (Å²) in [7, 11) is 0. The van der Waals surface area contributed by atoms with E-state index in [9.17, 15) is 0 Å². The third kappa shape index (κ3) is 9.77. The quantitative estimate of drug-likeness (QED) is 0.281. The first-order valence-corrected chi connectivity index (χ1v) is 6.91. The predicted octanol–water partition coefficient (Wildman–Crippen LogP) is 2.09. The van der Waals surface area contributed by atoms with Crippen molar-refractivity contribution in [1.82, 2.24) is 10.9 Å². The highest BCUT2D eigenvalue weighted by atomic mass is 16.4. The van der Waals surface area contributed by atoms with Crippen LogP contribution in [0, 0.1) is 0 Å². The second-order valence-corrected chi connectivity index (χ2v) is 4.44. The molecule has 2 aromatic rings. The SMILES string of the molecule is CC(c1ccccc1)c1ccccc1.NNC(=O)O.NNC(=O)O. The van der Waals surface area contributed by atoms with Gasteiger partial charge in [0.05, 0.1) is 0 Å². The molecule has 2 aromatic carbocycles. The standard InChI is InChI=1S/C14H14.2CH4N2O2/c1-12(13-8-4-2-5-9-13)14-10-6-3-7-11-14;2*2-3-1(4)5/h2-12H,1H3;2*3H,2H2,(H,4,5). The van der Waals surface area contributed by atoms with Crippen molar-refractivity contribution in [3.05, 3.63) is 71.8 Å². The van der Waals surface area contributed by atoms with Gasteiger partial charge in [-0.1, -0.05) is 67.6 Å². The molecule has 2 rings (SSSR count). The van der Waals surface area contributed by atoms with E-state index in [0.29, 0.717) is 5.92 Å². The van der Waals surface area contributed by atoms with E-state index in [2.05, 4.69) is 79.3 Å². The summed E-state index contributed by atoms with van der Waals surface area (Å²) in [5.74, 6) is 9.13. The first-order chi connectivity index (χ1) is 11.4. The lowest BCUT2D eigenvalue weighted by molar-refractivity contribution is 0.193. The van der Waals surface area contributed by atoms with Crippen LogP contribution in [0.3, 0.4) is 0 Å². The van der Waals surface area contributed by atoms with Crippen LogP contribution in [0.2, 0.25) is 0 Å². The van der Waals surface area contributed by atoms with Gasteiger partial charge in [0.15, 0.2) is 0 Å². The molecular formula is C16H22N4O4. The molecule has 0 aromatic heterocycles. The van der Waals surface area contributed by atoms with Gasteiger partial charge in [-0.05, 0) is 11.1 Å². The molecule has 0 saturated heterocycles. The third-order valence-corrected chi connectivity index (χ3v) is 2.85. The molecule has 8 nitrogen and oxygen atoms in total. The second kappa shape index (κ2) is 12.4. The van der Waals surface area contributed by atoms with Crippen LogP contribution in [0.5, 0.6) is 0 Å². The van der Waals surface area contributed by atoms with E-state index in [0.717, 1.165) is 0 Å². The topological polar surface area (TPSA) is 151 Å². The van der Waals surface area contributed by atoms with Crippen LogP contribution in [0.1, 0.15) is 24.0 Å². The van der Waals surface area contributed by atoms with Crippen molar-refractivity contribution in [1.29, 1.82) is 0 Å². The number of carbonyl (C=O) groups is 2. The summed E-state index contributed by atoms with van der Waals surface area (Å²) in [5, 5.41) is 15.0. The van der Waals surface area contributed by atoms with Crippen molar-refractivity contribution in [3.8, 4) is 0 Å². The molecular weight excluding hydrogens is 312 g/mol. The molecule has 0 radical (unpaired) electrons. The van der Waals surface area contributed by atoms with Gasteiger partial charge in [-0.25, -0.2) is 21.3 Å². The molecule has 8 heteroatoms. The summed E-state index contributed by atoms with van der Waals surface area (Å²) in [6, 6.07) is 21.2. The average molecular weight is 334 g/mol. The number of benzene rings is 2. The maximum absolute atomic E-state index is 9.13. The number of nitrogens with one attached hydrogen (secondary N) is 2. The molecule has 0 aliphatic rings. The highest BCUT2D eigenvalue weighted by Crippen LogP contribution is 2.22. The van der Waals surface area contributed by atoms with Crippen molar-refractivity contribution >= 4 is 12.2 Å². The normalized spacial score (nSPS) is 8.83. The third-order valence-electron chi connectivity index (χ3n) is 2.85. The lowest BCUT2D eigenvalue weighted by Crippen LogP contribution is -2.27. The summed E-state index contributed by atoms with van der Waals surface area (Å²) >= 11 is 0. The van der Waals surface area contributed by atoms with Crippen LogP contribution in [-0.4, -0.2) is 22.4 Å². The average Bonchev–Trinajstić information content (AvgIpc) is 2.63. The van der Waals surface area contributed by atoms with Crippen LogP contribution in [-0.2, 0) is 0 Å². The van der Waals surface area contributed by atoms with E-state index in [4.69, 9.17) is 19.8 Å². The zero-order valence-corrected chi connectivity index (χ0v) is 13.2. The van der Waals surface area contributed by atoms with Gasteiger partial charge in [0.2, 0.25) is 0 Å². The molecule has 8 N–H and O–H groups in total. The van der Waals surface area contributed by atoms with Crippen molar-refractivity contribution in [2.24, 2.45) is 11.7 Å². The lowest BCUT2D eigenvalue weighted by Gasteiger charge is -2.11. The molecule has 0 aliphatic heterocycles. The number of carboxylic acid groups (broad SMARTS) is 2. The number of hydrazine groups is 2. The maximum atomic E-state index is 9.13. The number of hydrogen-bond acceptors (Lipinski definition) is 4. The molecule has 130 valence electrons. The fourth-order valence-electron chi connectivity index (χ4n) is 1.68. The van der Waals surface area contributed by atoms with Gasteiger partial charge in [-0.15, -0.1) is 0 Å². The largest absolute Gasteiger partial charge is 0.464 e. The molecule has 0 bridgehead atoms. The zero-order chi connectivity index (χ0) is 18.4. The number of hydrogen-bond donors (Lipinski definition) is 6. The number of nitrogens with two attached hydrogens (primary N) is 2.